The number of alkyl halides is 3. The highest BCUT2D eigenvalue weighted by Crippen LogP contribution is 2.36. The van der Waals surface area contributed by atoms with Crippen molar-refractivity contribution >= 4 is 22.1 Å². The van der Waals surface area contributed by atoms with Gasteiger partial charge in [-0.3, -0.25) is 9.13 Å². The largest absolute Gasteiger partial charge is 0.389 e. The van der Waals surface area contributed by atoms with Crippen LogP contribution in [-0.4, -0.2) is 24.9 Å². The molecule has 1 aliphatic rings. The summed E-state index contributed by atoms with van der Waals surface area (Å²) in [5.74, 6) is -0.0157. The van der Waals surface area contributed by atoms with E-state index in [2.05, 4.69) is 4.98 Å². The molecule has 2 aromatic heterocycles. The molecule has 0 atom stereocenters. The van der Waals surface area contributed by atoms with Crippen LogP contribution in [0, 0.1) is 5.82 Å². The summed E-state index contributed by atoms with van der Waals surface area (Å²) >= 11 is 0. The maximum Gasteiger partial charge on any atom is 0.389 e. The molecule has 0 saturated heterocycles. The molecule has 1 fully saturated rings. The molecule has 0 spiro atoms. The van der Waals surface area contributed by atoms with Gasteiger partial charge in [0.15, 0.2) is 0 Å². The molecule has 0 bridgehead atoms. The Morgan fingerprint density at radius 2 is 1.79 bits per heavy atom. The lowest BCUT2D eigenvalue weighted by molar-refractivity contribution is -0.135. The highest BCUT2D eigenvalue weighted by molar-refractivity contribution is 5.78. The van der Waals surface area contributed by atoms with Gasteiger partial charge in [0.2, 0.25) is 0 Å². The zero-order valence-electron chi connectivity index (χ0n) is 17.8. The van der Waals surface area contributed by atoms with Crippen molar-refractivity contribution in [2.24, 2.45) is 5.73 Å². The van der Waals surface area contributed by atoms with Gasteiger partial charge in [0.1, 0.15) is 11.6 Å². The number of hydrogen-bond acceptors (Lipinski definition) is 3. The van der Waals surface area contributed by atoms with Gasteiger partial charge in [-0.1, -0.05) is 6.07 Å². The maximum absolute atomic E-state index is 14.1. The number of aromatic nitrogens is 4. The van der Waals surface area contributed by atoms with Crippen molar-refractivity contribution < 1.29 is 17.6 Å². The van der Waals surface area contributed by atoms with E-state index in [4.69, 9.17) is 5.73 Å². The van der Waals surface area contributed by atoms with Crippen molar-refractivity contribution in [1.29, 1.82) is 0 Å². The molecular formula is C23H23F4N5O. The molecule has 0 amide bonds. The first kappa shape index (κ1) is 21.7. The van der Waals surface area contributed by atoms with Gasteiger partial charge in [0.05, 0.1) is 28.6 Å². The first-order valence-corrected chi connectivity index (χ1v) is 10.9. The van der Waals surface area contributed by atoms with Crippen LogP contribution in [0.15, 0.2) is 41.2 Å². The lowest BCUT2D eigenvalue weighted by Crippen LogP contribution is -2.25. The van der Waals surface area contributed by atoms with Gasteiger partial charge in [0, 0.05) is 25.6 Å². The van der Waals surface area contributed by atoms with E-state index >= 15 is 0 Å². The fraction of sp³-hybridized carbons (Fsp3) is 0.391. The molecule has 0 unspecified atom stereocenters. The Morgan fingerprint density at radius 1 is 1.03 bits per heavy atom. The molecule has 174 valence electrons. The average Bonchev–Trinajstić information content (AvgIpc) is 3.49. The van der Waals surface area contributed by atoms with E-state index in [0.717, 1.165) is 18.4 Å². The number of fused-ring (bicyclic) bond motifs is 2. The van der Waals surface area contributed by atoms with Crippen molar-refractivity contribution in [3.05, 3.63) is 64.1 Å². The molecule has 5 rings (SSSR count). The Bertz CT molecular complexity index is 1390. The van der Waals surface area contributed by atoms with Crippen LogP contribution in [0.25, 0.3) is 22.1 Å². The normalized spacial score (nSPS) is 14.6. The Balaban J connectivity index is 1.60. The average molecular weight is 461 g/mol. The lowest BCUT2D eigenvalue weighted by Gasteiger charge is -2.11. The quantitative estimate of drug-likeness (QED) is 0.413. The summed E-state index contributed by atoms with van der Waals surface area (Å²) < 4.78 is 57.2. The molecular weight excluding hydrogens is 438 g/mol. The minimum atomic E-state index is -4.25. The van der Waals surface area contributed by atoms with Crippen LogP contribution in [-0.2, 0) is 19.6 Å². The number of imidazole rings is 2. The molecule has 2 aromatic carbocycles. The van der Waals surface area contributed by atoms with Gasteiger partial charge in [-0.15, -0.1) is 0 Å². The van der Waals surface area contributed by atoms with E-state index < -0.39 is 18.4 Å². The predicted molar refractivity (Wildman–Crippen MR) is 116 cm³/mol. The monoisotopic (exact) mass is 461 g/mol. The second-order valence-corrected chi connectivity index (χ2v) is 8.53. The van der Waals surface area contributed by atoms with Crippen LogP contribution in [0.4, 0.5) is 17.6 Å². The first-order valence-electron chi connectivity index (χ1n) is 10.9. The third-order valence-corrected chi connectivity index (χ3v) is 6.11. The second-order valence-electron chi connectivity index (χ2n) is 8.53. The highest BCUT2D eigenvalue weighted by Gasteiger charge is 2.30. The number of rotatable bonds is 7. The van der Waals surface area contributed by atoms with Crippen LogP contribution in [0.1, 0.15) is 43.1 Å². The molecule has 0 aliphatic heterocycles. The van der Waals surface area contributed by atoms with Crippen LogP contribution < -0.4 is 11.4 Å². The van der Waals surface area contributed by atoms with E-state index in [1.807, 2.05) is 6.07 Å². The summed E-state index contributed by atoms with van der Waals surface area (Å²) in [6, 6.07) is 9.73. The van der Waals surface area contributed by atoms with Crippen LogP contribution in [0.5, 0.6) is 0 Å². The van der Waals surface area contributed by atoms with E-state index in [1.165, 1.54) is 16.7 Å². The fourth-order valence-electron chi connectivity index (χ4n) is 4.39. The Hall–Kier alpha value is -3.14. The number of benzene rings is 2. The van der Waals surface area contributed by atoms with Crippen LogP contribution in [0.2, 0.25) is 0 Å². The van der Waals surface area contributed by atoms with Gasteiger partial charge >= 0.3 is 11.9 Å². The number of hydrogen-bond donors (Lipinski definition) is 1. The number of nitrogens with two attached hydrogens (primary N) is 1. The minimum absolute atomic E-state index is 0.0250. The second kappa shape index (κ2) is 8.02. The molecule has 33 heavy (non-hydrogen) atoms. The standard InChI is InChI=1S/C23H23F4N5O/c24-15-3-7-19-20(11-15)31(22(33)32(19)16-4-5-16)13-21-29-17-10-14(12-28)2-6-18(17)30(21)9-1-8-23(25,26)27/h2-3,6-7,10-11,16H,1,4-5,8-9,12-13,28H2. The van der Waals surface area contributed by atoms with Crippen molar-refractivity contribution in [3.8, 4) is 0 Å². The SMILES string of the molecule is NCc1ccc2c(c1)nc(Cn1c(=O)n(C3CC3)c3ccc(F)cc31)n2CCCC(F)(F)F. The summed E-state index contributed by atoms with van der Waals surface area (Å²) in [6.07, 6.45) is -3.52. The molecule has 2 heterocycles. The van der Waals surface area contributed by atoms with Gasteiger partial charge in [-0.2, -0.15) is 13.2 Å². The third kappa shape index (κ3) is 4.15. The highest BCUT2D eigenvalue weighted by atomic mass is 19.4. The van der Waals surface area contributed by atoms with Gasteiger partial charge in [-0.25, -0.2) is 14.2 Å². The summed E-state index contributed by atoms with van der Waals surface area (Å²) in [7, 11) is 0. The summed E-state index contributed by atoms with van der Waals surface area (Å²) in [5.41, 5.74) is 8.68. The summed E-state index contributed by atoms with van der Waals surface area (Å²) in [6.45, 7) is 0.425. The molecule has 6 nitrogen and oxygen atoms in total. The summed E-state index contributed by atoms with van der Waals surface area (Å²) in [5, 5.41) is 0. The Morgan fingerprint density at radius 3 is 2.48 bits per heavy atom. The van der Waals surface area contributed by atoms with Crippen molar-refractivity contribution in [1.82, 2.24) is 18.7 Å². The maximum atomic E-state index is 14.1. The Labute approximate surface area is 186 Å². The Kier molecular flexibility index (Phi) is 5.27. The zero-order valence-corrected chi connectivity index (χ0v) is 17.8. The lowest BCUT2D eigenvalue weighted by atomic mass is 10.2. The summed E-state index contributed by atoms with van der Waals surface area (Å²) in [4.78, 5) is 17.9. The predicted octanol–water partition coefficient (Wildman–Crippen LogP) is 4.48. The van der Waals surface area contributed by atoms with Crippen molar-refractivity contribution in [2.45, 2.75) is 57.5 Å². The molecule has 2 N–H and O–H groups in total. The van der Waals surface area contributed by atoms with Crippen molar-refractivity contribution in [3.63, 3.8) is 0 Å². The number of nitrogens with zero attached hydrogens (tertiary/aromatic N) is 4. The van der Waals surface area contributed by atoms with E-state index in [-0.39, 0.29) is 31.2 Å². The van der Waals surface area contributed by atoms with E-state index in [9.17, 15) is 22.4 Å². The smallest absolute Gasteiger partial charge is 0.326 e. The van der Waals surface area contributed by atoms with Gasteiger partial charge < -0.3 is 10.3 Å². The fourth-order valence-corrected chi connectivity index (χ4v) is 4.39. The van der Waals surface area contributed by atoms with Gasteiger partial charge in [0.25, 0.3) is 0 Å². The van der Waals surface area contributed by atoms with Crippen LogP contribution >= 0.6 is 0 Å². The first-order chi connectivity index (χ1) is 15.7. The van der Waals surface area contributed by atoms with E-state index in [0.29, 0.717) is 34.4 Å². The molecule has 10 heteroatoms. The third-order valence-electron chi connectivity index (χ3n) is 6.11. The number of aryl methyl sites for hydroxylation is 1. The van der Waals surface area contributed by atoms with E-state index in [1.54, 1.807) is 27.3 Å². The molecule has 4 aromatic rings. The van der Waals surface area contributed by atoms with Crippen LogP contribution in [0.3, 0.4) is 0 Å². The zero-order chi connectivity index (χ0) is 23.3. The van der Waals surface area contributed by atoms with Gasteiger partial charge in [-0.05, 0) is 55.2 Å². The topological polar surface area (TPSA) is 70.8 Å². The minimum Gasteiger partial charge on any atom is -0.326 e. The molecule has 1 aliphatic carbocycles. The van der Waals surface area contributed by atoms with Crippen molar-refractivity contribution in [2.75, 3.05) is 0 Å². The molecule has 1 saturated carbocycles. The molecule has 0 radical (unpaired) electrons. The number of halogens is 4.